The fourth-order valence-electron chi connectivity index (χ4n) is 7.45. The zero-order chi connectivity index (χ0) is 29.0. The molecule has 2 aromatic rings. The number of aryl methyl sites for hydroxylation is 1. The normalized spacial score (nSPS) is 29.8. The minimum absolute atomic E-state index is 0.00389. The molecule has 1 amide bonds. The van der Waals surface area contributed by atoms with Crippen LogP contribution >= 0.6 is 0 Å². The topological polar surface area (TPSA) is 57.6 Å². The molecule has 0 bridgehead atoms. The Bertz CT molecular complexity index is 1290. The minimum Gasteiger partial charge on any atom is -0.481 e. The maximum absolute atomic E-state index is 14.9. The van der Waals surface area contributed by atoms with Gasteiger partial charge in [0.1, 0.15) is 5.82 Å². The summed E-state index contributed by atoms with van der Waals surface area (Å²) in [5.41, 5.74) is -2.25. The zero-order valence-corrected chi connectivity index (χ0v) is 22.6. The smallest absolute Gasteiger partial charge is 0.426 e. The van der Waals surface area contributed by atoms with Gasteiger partial charge in [0.05, 0.1) is 5.92 Å². The summed E-state index contributed by atoms with van der Waals surface area (Å²) in [5, 5.41) is 9.44. The maximum Gasteiger partial charge on any atom is 0.426 e. The van der Waals surface area contributed by atoms with Gasteiger partial charge in [0.25, 0.3) is 0 Å². The first-order chi connectivity index (χ1) is 18.7. The first kappa shape index (κ1) is 28.6. The van der Waals surface area contributed by atoms with E-state index in [-0.39, 0.29) is 29.6 Å². The van der Waals surface area contributed by atoms with Gasteiger partial charge >= 0.3 is 12.1 Å². The number of aliphatic carboxylic acids is 1. The van der Waals surface area contributed by atoms with Crippen LogP contribution in [0.1, 0.15) is 68.2 Å². The lowest BCUT2D eigenvalue weighted by atomic mass is 9.63. The van der Waals surface area contributed by atoms with Crippen molar-refractivity contribution in [3.63, 3.8) is 0 Å². The Morgan fingerprint density at radius 1 is 1.05 bits per heavy atom. The number of hydrogen-bond donors (Lipinski definition) is 1. The number of rotatable bonds is 5. The number of amides is 1. The third-order valence-electron chi connectivity index (χ3n) is 9.77. The highest BCUT2D eigenvalue weighted by Gasteiger charge is 2.56. The SMILES string of the molecule is C[C@H]1CC(C(=O)O)CC[C@H]1C(=O)N1CC[C@@]2(Cc3ccc(F)cc3)c3ccc(C(C)(F)C(F)(F)F)cc3CC[C@@H]12. The summed E-state index contributed by atoms with van der Waals surface area (Å²) < 4.78 is 69.1. The van der Waals surface area contributed by atoms with Crippen molar-refractivity contribution >= 4 is 11.9 Å². The molecule has 0 spiro atoms. The van der Waals surface area contributed by atoms with Gasteiger partial charge in [0.2, 0.25) is 11.6 Å². The van der Waals surface area contributed by atoms with Crippen molar-refractivity contribution in [2.45, 2.75) is 82.1 Å². The summed E-state index contributed by atoms with van der Waals surface area (Å²) in [6.07, 6.45) is -1.73. The van der Waals surface area contributed by atoms with Gasteiger partial charge in [-0.1, -0.05) is 37.3 Å². The van der Waals surface area contributed by atoms with E-state index in [0.29, 0.717) is 64.0 Å². The fourth-order valence-corrected chi connectivity index (χ4v) is 7.45. The third-order valence-corrected chi connectivity index (χ3v) is 9.77. The summed E-state index contributed by atoms with van der Waals surface area (Å²) in [7, 11) is 0. The van der Waals surface area contributed by atoms with E-state index in [9.17, 15) is 36.6 Å². The fraction of sp³-hybridized carbons (Fsp3) is 0.548. The van der Waals surface area contributed by atoms with E-state index in [1.165, 1.54) is 24.3 Å². The van der Waals surface area contributed by atoms with Crippen LogP contribution in [0.15, 0.2) is 42.5 Å². The molecule has 2 aromatic carbocycles. The van der Waals surface area contributed by atoms with Crippen molar-refractivity contribution in [1.29, 1.82) is 0 Å². The number of carboxylic acid groups (broad SMARTS) is 1. The lowest BCUT2D eigenvalue weighted by Gasteiger charge is -2.45. The molecular weight excluding hydrogens is 529 g/mol. The van der Waals surface area contributed by atoms with Crippen molar-refractivity contribution in [3.8, 4) is 0 Å². The van der Waals surface area contributed by atoms with E-state index in [1.807, 2.05) is 11.8 Å². The quantitative estimate of drug-likeness (QED) is 0.410. The molecule has 2 aliphatic carbocycles. The van der Waals surface area contributed by atoms with Gasteiger partial charge in [0, 0.05) is 23.9 Å². The number of halogens is 5. The van der Waals surface area contributed by atoms with Crippen LogP contribution in [0, 0.1) is 23.6 Å². The Hall–Kier alpha value is -2.97. The monoisotopic (exact) mass is 563 g/mol. The molecule has 1 saturated heterocycles. The number of benzene rings is 2. The third kappa shape index (κ3) is 4.79. The van der Waals surface area contributed by atoms with Crippen LogP contribution in [0.2, 0.25) is 0 Å². The predicted octanol–water partition coefficient (Wildman–Crippen LogP) is 6.74. The Morgan fingerprint density at radius 3 is 2.38 bits per heavy atom. The van der Waals surface area contributed by atoms with Crippen LogP contribution in [0.4, 0.5) is 22.0 Å². The highest BCUT2D eigenvalue weighted by atomic mass is 19.4. The molecule has 40 heavy (non-hydrogen) atoms. The summed E-state index contributed by atoms with van der Waals surface area (Å²) in [4.78, 5) is 27.4. The van der Waals surface area contributed by atoms with Crippen LogP contribution in [0.25, 0.3) is 0 Å². The molecule has 3 aliphatic rings. The maximum atomic E-state index is 14.9. The minimum atomic E-state index is -5.06. The number of carboxylic acids is 1. The largest absolute Gasteiger partial charge is 0.481 e. The highest BCUT2D eigenvalue weighted by Crippen LogP contribution is 2.52. The van der Waals surface area contributed by atoms with Gasteiger partial charge in [-0.05, 0) is 92.2 Å². The van der Waals surface area contributed by atoms with E-state index < -0.39 is 34.7 Å². The van der Waals surface area contributed by atoms with Gasteiger partial charge in [-0.3, -0.25) is 9.59 Å². The van der Waals surface area contributed by atoms with Gasteiger partial charge in [-0.15, -0.1) is 0 Å². The number of alkyl halides is 4. The zero-order valence-electron chi connectivity index (χ0n) is 22.6. The number of carbonyl (C=O) groups excluding carboxylic acids is 1. The second-order valence-corrected chi connectivity index (χ2v) is 12.1. The summed E-state index contributed by atoms with van der Waals surface area (Å²) in [6, 6.07) is 10.0. The average molecular weight is 564 g/mol. The van der Waals surface area contributed by atoms with Gasteiger partial charge in [-0.2, -0.15) is 13.2 Å². The van der Waals surface area contributed by atoms with E-state index in [2.05, 4.69) is 0 Å². The van der Waals surface area contributed by atoms with Crippen molar-refractivity contribution in [2.75, 3.05) is 6.54 Å². The van der Waals surface area contributed by atoms with E-state index in [1.54, 1.807) is 18.2 Å². The van der Waals surface area contributed by atoms with E-state index in [0.717, 1.165) is 11.1 Å². The molecular formula is C31H34F5NO3. The molecule has 0 aromatic heterocycles. The van der Waals surface area contributed by atoms with Crippen LogP contribution in [0.5, 0.6) is 0 Å². The Kier molecular flexibility index (Phi) is 7.24. The Morgan fingerprint density at radius 2 is 1.75 bits per heavy atom. The summed E-state index contributed by atoms with van der Waals surface area (Å²) >= 11 is 0. The molecule has 9 heteroatoms. The molecule has 1 saturated carbocycles. The van der Waals surface area contributed by atoms with Crippen molar-refractivity contribution in [1.82, 2.24) is 4.90 Å². The Balaban J connectivity index is 1.51. The number of likely N-dealkylation sites (tertiary alicyclic amines) is 1. The van der Waals surface area contributed by atoms with Crippen LogP contribution < -0.4 is 0 Å². The molecule has 2 unspecified atom stereocenters. The standard InChI is InChI=1S/C31H34F5NO3/c1-18-15-21(28(39)40)5-10-24(18)27(38)37-14-13-30(17-19-3-8-23(32)9-4-19)25-11-7-22(29(2,33)31(34,35)36)16-20(25)6-12-26(30)37/h3-4,7-9,11,16,18,21,24,26H,5-6,10,12-15,17H2,1-2H3,(H,39,40)/t18-,21?,24+,26+,29?,30+/m0/s1. The number of hydrogen-bond acceptors (Lipinski definition) is 2. The Labute approximate surface area is 230 Å². The van der Waals surface area contributed by atoms with Crippen molar-refractivity contribution in [3.05, 3.63) is 70.5 Å². The predicted molar refractivity (Wildman–Crippen MR) is 139 cm³/mol. The van der Waals surface area contributed by atoms with Gasteiger partial charge in [0.15, 0.2) is 0 Å². The van der Waals surface area contributed by atoms with Crippen LogP contribution in [0.3, 0.4) is 0 Å². The highest BCUT2D eigenvalue weighted by molar-refractivity contribution is 5.81. The number of nitrogens with zero attached hydrogens (tertiary/aromatic N) is 1. The molecule has 6 atom stereocenters. The second kappa shape index (κ2) is 10.1. The van der Waals surface area contributed by atoms with Crippen molar-refractivity contribution in [2.24, 2.45) is 17.8 Å². The van der Waals surface area contributed by atoms with Gasteiger partial charge < -0.3 is 10.0 Å². The van der Waals surface area contributed by atoms with E-state index >= 15 is 0 Å². The molecule has 216 valence electrons. The van der Waals surface area contributed by atoms with Crippen LogP contribution in [-0.4, -0.2) is 40.6 Å². The first-order valence-electron chi connectivity index (χ1n) is 13.9. The molecule has 0 radical (unpaired) electrons. The second-order valence-electron chi connectivity index (χ2n) is 12.1. The molecule has 1 heterocycles. The summed E-state index contributed by atoms with van der Waals surface area (Å²) in [5.74, 6) is -2.05. The number of carbonyl (C=O) groups is 2. The number of fused-ring (bicyclic) bond motifs is 3. The molecule has 1 N–H and O–H groups in total. The summed E-state index contributed by atoms with van der Waals surface area (Å²) in [6.45, 7) is 2.91. The average Bonchev–Trinajstić information content (AvgIpc) is 3.28. The molecule has 5 rings (SSSR count). The molecule has 1 aliphatic heterocycles. The van der Waals surface area contributed by atoms with E-state index in [4.69, 9.17) is 0 Å². The molecule has 2 fully saturated rings. The molecule has 4 nitrogen and oxygen atoms in total. The first-order valence-corrected chi connectivity index (χ1v) is 13.9. The van der Waals surface area contributed by atoms with Crippen molar-refractivity contribution < 1.29 is 36.6 Å². The van der Waals surface area contributed by atoms with Gasteiger partial charge in [-0.25, -0.2) is 8.78 Å². The lowest BCUT2D eigenvalue weighted by molar-refractivity contribution is -0.228. The lowest BCUT2D eigenvalue weighted by Crippen LogP contribution is -2.51. The van der Waals surface area contributed by atoms with Crippen LogP contribution in [-0.2, 0) is 33.5 Å².